The summed E-state index contributed by atoms with van der Waals surface area (Å²) < 4.78 is 11.8. The van der Waals surface area contributed by atoms with Crippen LogP contribution in [-0.4, -0.2) is 41.5 Å². The lowest BCUT2D eigenvalue weighted by Gasteiger charge is -2.44. The molecule has 2 aliphatic heterocycles. The van der Waals surface area contributed by atoms with Gasteiger partial charge in [-0.3, -0.25) is 0 Å². The fourth-order valence-electron chi connectivity index (χ4n) is 3.32. The average molecular weight is 308 g/mol. The zero-order valence-electron chi connectivity index (χ0n) is 12.4. The molecule has 0 aromatic heterocycles. The number of para-hydroxylation sites is 1. The molecule has 2 atom stereocenters. The fraction of sp³-hybridized carbons (Fsp3) is 0.647. The maximum atomic E-state index is 10.5. The third-order valence-electron chi connectivity index (χ3n) is 4.64. The van der Waals surface area contributed by atoms with Gasteiger partial charge in [-0.05, 0) is 55.2 Å². The molecule has 0 radical (unpaired) electrons. The van der Waals surface area contributed by atoms with Gasteiger partial charge in [0.15, 0.2) is 0 Å². The minimum absolute atomic E-state index is 0.0297. The summed E-state index contributed by atoms with van der Waals surface area (Å²) in [5.74, 6) is 3.49. The van der Waals surface area contributed by atoms with E-state index >= 15 is 0 Å². The van der Waals surface area contributed by atoms with E-state index in [1.807, 2.05) is 42.1 Å². The largest absolute Gasteiger partial charge is 0.491 e. The number of aliphatic hydroxyl groups excluding tert-OH is 1. The molecule has 1 aromatic rings. The van der Waals surface area contributed by atoms with Gasteiger partial charge in [0.05, 0.1) is 11.7 Å². The van der Waals surface area contributed by atoms with Crippen molar-refractivity contribution in [3.8, 4) is 5.75 Å². The molecule has 4 heteroatoms. The second-order valence-corrected chi connectivity index (χ2v) is 7.31. The predicted molar refractivity (Wildman–Crippen MR) is 85.9 cm³/mol. The molecule has 2 aliphatic rings. The van der Waals surface area contributed by atoms with E-state index in [9.17, 15) is 5.11 Å². The van der Waals surface area contributed by atoms with Gasteiger partial charge >= 0.3 is 0 Å². The van der Waals surface area contributed by atoms with Crippen LogP contribution in [-0.2, 0) is 4.74 Å². The molecular weight excluding hydrogens is 284 g/mol. The van der Waals surface area contributed by atoms with Crippen LogP contribution in [0.1, 0.15) is 25.7 Å². The van der Waals surface area contributed by atoms with Crippen LogP contribution in [0.4, 0.5) is 0 Å². The summed E-state index contributed by atoms with van der Waals surface area (Å²) in [5, 5.41) is 10.5. The molecule has 2 fully saturated rings. The minimum atomic E-state index is -0.402. The highest BCUT2D eigenvalue weighted by molar-refractivity contribution is 7.99. The molecule has 0 amide bonds. The van der Waals surface area contributed by atoms with Crippen molar-refractivity contribution in [1.29, 1.82) is 0 Å². The molecule has 1 spiro atoms. The first-order valence-electron chi connectivity index (χ1n) is 7.85. The lowest BCUT2D eigenvalue weighted by atomic mass is 9.79. The molecule has 1 N–H and O–H groups in total. The van der Waals surface area contributed by atoms with Crippen LogP contribution in [0, 0.1) is 5.92 Å². The van der Waals surface area contributed by atoms with E-state index in [4.69, 9.17) is 9.47 Å². The maximum Gasteiger partial charge on any atom is 0.119 e. The first-order chi connectivity index (χ1) is 10.3. The molecule has 2 saturated heterocycles. The van der Waals surface area contributed by atoms with E-state index in [2.05, 4.69) is 0 Å². The summed E-state index contributed by atoms with van der Waals surface area (Å²) in [7, 11) is 0. The zero-order valence-corrected chi connectivity index (χ0v) is 13.2. The average Bonchev–Trinajstić information content (AvgIpc) is 2.54. The van der Waals surface area contributed by atoms with Gasteiger partial charge in [0.25, 0.3) is 0 Å². The molecule has 3 nitrogen and oxygen atoms in total. The van der Waals surface area contributed by atoms with Crippen LogP contribution >= 0.6 is 11.8 Å². The van der Waals surface area contributed by atoms with Gasteiger partial charge in [0.2, 0.25) is 0 Å². The Morgan fingerprint density at radius 3 is 2.81 bits per heavy atom. The van der Waals surface area contributed by atoms with E-state index in [0.717, 1.165) is 38.0 Å². The Morgan fingerprint density at radius 1 is 1.29 bits per heavy atom. The Morgan fingerprint density at radius 2 is 2.05 bits per heavy atom. The van der Waals surface area contributed by atoms with Crippen molar-refractivity contribution in [3.63, 3.8) is 0 Å². The van der Waals surface area contributed by atoms with E-state index in [-0.39, 0.29) is 5.60 Å². The predicted octanol–water partition coefficient (Wildman–Crippen LogP) is 3.12. The third-order valence-corrected chi connectivity index (χ3v) is 5.63. The van der Waals surface area contributed by atoms with Crippen LogP contribution in [0.25, 0.3) is 0 Å². The number of hydrogen-bond acceptors (Lipinski definition) is 4. The molecule has 3 rings (SSSR count). The van der Waals surface area contributed by atoms with Crippen LogP contribution in [0.15, 0.2) is 30.3 Å². The second kappa shape index (κ2) is 7.03. The normalized spacial score (nSPS) is 26.4. The van der Waals surface area contributed by atoms with Gasteiger partial charge in [-0.1, -0.05) is 18.2 Å². The summed E-state index contributed by atoms with van der Waals surface area (Å²) >= 11 is 2.01. The number of benzene rings is 1. The van der Waals surface area contributed by atoms with Crippen molar-refractivity contribution in [1.82, 2.24) is 0 Å². The number of thioether (sulfide) groups is 1. The highest BCUT2D eigenvalue weighted by Crippen LogP contribution is 2.40. The van der Waals surface area contributed by atoms with Crippen molar-refractivity contribution in [2.45, 2.75) is 37.4 Å². The lowest BCUT2D eigenvalue weighted by Crippen LogP contribution is -2.46. The SMILES string of the molecule is OC(COc1ccccc1)C1CCOC2(CCSCC2)C1. The number of rotatable bonds is 4. The van der Waals surface area contributed by atoms with Crippen molar-refractivity contribution >= 4 is 11.8 Å². The Balaban J connectivity index is 1.53. The Labute approximate surface area is 131 Å². The molecule has 116 valence electrons. The van der Waals surface area contributed by atoms with Gasteiger partial charge in [0.1, 0.15) is 12.4 Å². The molecule has 2 unspecified atom stereocenters. The summed E-state index contributed by atoms with van der Waals surface area (Å²) in [6.45, 7) is 1.15. The highest BCUT2D eigenvalue weighted by atomic mass is 32.2. The van der Waals surface area contributed by atoms with Crippen LogP contribution in [0.5, 0.6) is 5.75 Å². The Kier molecular flexibility index (Phi) is 5.09. The molecule has 0 saturated carbocycles. The highest BCUT2D eigenvalue weighted by Gasteiger charge is 2.40. The third kappa shape index (κ3) is 3.93. The fourth-order valence-corrected chi connectivity index (χ4v) is 4.56. The van der Waals surface area contributed by atoms with Gasteiger partial charge in [-0.25, -0.2) is 0 Å². The molecule has 21 heavy (non-hydrogen) atoms. The summed E-state index contributed by atoms with van der Waals surface area (Å²) in [6, 6.07) is 9.72. The van der Waals surface area contributed by atoms with Crippen molar-refractivity contribution in [3.05, 3.63) is 30.3 Å². The van der Waals surface area contributed by atoms with E-state index in [1.165, 1.54) is 11.5 Å². The van der Waals surface area contributed by atoms with Crippen LogP contribution in [0.3, 0.4) is 0 Å². The smallest absolute Gasteiger partial charge is 0.119 e. The maximum absolute atomic E-state index is 10.5. The molecule has 0 bridgehead atoms. The molecule has 1 aromatic carbocycles. The lowest BCUT2D eigenvalue weighted by molar-refractivity contribution is -0.124. The van der Waals surface area contributed by atoms with Crippen molar-refractivity contribution < 1.29 is 14.6 Å². The topological polar surface area (TPSA) is 38.7 Å². The second-order valence-electron chi connectivity index (χ2n) is 6.09. The van der Waals surface area contributed by atoms with Crippen molar-refractivity contribution in [2.24, 2.45) is 5.92 Å². The summed E-state index contributed by atoms with van der Waals surface area (Å²) in [4.78, 5) is 0. The number of aliphatic hydroxyl groups is 1. The Hall–Kier alpha value is -0.710. The molecule has 0 aliphatic carbocycles. The first-order valence-corrected chi connectivity index (χ1v) is 9.01. The van der Waals surface area contributed by atoms with Crippen LogP contribution < -0.4 is 4.74 Å². The van der Waals surface area contributed by atoms with Gasteiger partial charge in [-0.15, -0.1) is 0 Å². The number of ether oxygens (including phenoxy) is 2. The minimum Gasteiger partial charge on any atom is -0.491 e. The van der Waals surface area contributed by atoms with Gasteiger partial charge in [0, 0.05) is 6.61 Å². The molecular formula is C17H24O3S. The summed E-state index contributed by atoms with van der Waals surface area (Å²) in [6.07, 6.45) is 3.77. The number of hydrogen-bond donors (Lipinski definition) is 1. The van der Waals surface area contributed by atoms with Crippen molar-refractivity contribution in [2.75, 3.05) is 24.7 Å². The quantitative estimate of drug-likeness (QED) is 0.927. The molecule has 2 heterocycles. The Bertz CT molecular complexity index is 425. The summed E-state index contributed by atoms with van der Waals surface area (Å²) in [5.41, 5.74) is 0.0297. The van der Waals surface area contributed by atoms with E-state index in [0.29, 0.717) is 12.5 Å². The first kappa shape index (κ1) is 15.2. The van der Waals surface area contributed by atoms with Crippen LogP contribution in [0.2, 0.25) is 0 Å². The zero-order chi connectivity index (χ0) is 14.5. The van der Waals surface area contributed by atoms with E-state index in [1.54, 1.807) is 0 Å². The monoisotopic (exact) mass is 308 g/mol. The van der Waals surface area contributed by atoms with Gasteiger partial charge < -0.3 is 14.6 Å². The van der Waals surface area contributed by atoms with Gasteiger partial charge in [-0.2, -0.15) is 11.8 Å². The van der Waals surface area contributed by atoms with E-state index < -0.39 is 6.10 Å². The standard InChI is InChI=1S/C17H24O3S/c18-16(13-19-15-4-2-1-3-5-15)14-6-9-20-17(12-14)7-10-21-11-8-17/h1-5,14,16,18H,6-13H2.